The minimum absolute atomic E-state index is 0.874. The highest BCUT2D eigenvalue weighted by atomic mass is 127. The third-order valence-electron chi connectivity index (χ3n) is 13.2. The number of unbranched alkanes of at least 4 members (excludes halogenated alkanes) is 1. The summed E-state index contributed by atoms with van der Waals surface area (Å²) in [6.07, 6.45) is 8.10. The van der Waals surface area contributed by atoms with Gasteiger partial charge in [-0.05, 0) is 107 Å². The molecule has 12 fully saturated rings. The maximum atomic E-state index is 3.12. The van der Waals surface area contributed by atoms with Crippen molar-refractivity contribution in [2.75, 3.05) is 0 Å². The van der Waals surface area contributed by atoms with E-state index < -0.39 is 0 Å². The number of hydrogen-bond donors (Lipinski definition) is 0. The molecule has 12 aliphatic rings. The van der Waals surface area contributed by atoms with Crippen LogP contribution in [0.15, 0.2) is 0 Å². The number of alkyl halides is 1. The highest BCUT2D eigenvalue weighted by molar-refractivity contribution is 14.1. The summed E-state index contributed by atoms with van der Waals surface area (Å²) in [5.41, 5.74) is 2.89. The average Bonchev–Trinajstić information content (AvgIpc) is 3.46. The van der Waals surface area contributed by atoms with Gasteiger partial charge in [0.1, 0.15) is 0 Å². The summed E-state index contributed by atoms with van der Waals surface area (Å²) in [6.45, 7) is 2.45. The summed E-state index contributed by atoms with van der Waals surface area (Å²) in [5, 5.41) is 0. The number of halogens is 1. The fraction of sp³-hybridized carbons (Fsp3) is 1.00. The standard InChI is InChI=1S/C22H25I/c1-2-3-4-19-11-7-5-8(12(11)19)14-13(7)20(14,19)21-15-9-6-10(16(15)21)18-17(9)22(18,21)23/h7-18H,2-6H2,1H3/t7-,8+,9-,10+,11-,12-,13+,14+,15+,16+,17-,18-,19?,20?,21?,22?/m1/s1. The van der Waals surface area contributed by atoms with Crippen molar-refractivity contribution in [1.29, 1.82) is 0 Å². The third kappa shape index (κ3) is 0.589. The molecule has 0 heterocycles. The summed E-state index contributed by atoms with van der Waals surface area (Å²) in [6, 6.07) is 0. The van der Waals surface area contributed by atoms with E-state index in [4.69, 9.17) is 0 Å². The van der Waals surface area contributed by atoms with Crippen molar-refractivity contribution in [1.82, 2.24) is 0 Å². The lowest BCUT2D eigenvalue weighted by atomic mass is 9.67. The molecule has 0 N–H and O–H groups in total. The molecule has 0 aromatic rings. The summed E-state index contributed by atoms with van der Waals surface area (Å²) in [5.74, 6) is 15.2. The van der Waals surface area contributed by atoms with Crippen molar-refractivity contribution in [2.24, 2.45) is 87.3 Å². The quantitative estimate of drug-likeness (QED) is 0.464. The molecule has 4 bridgehead atoms. The van der Waals surface area contributed by atoms with Gasteiger partial charge in [-0.2, -0.15) is 0 Å². The van der Waals surface area contributed by atoms with Gasteiger partial charge in [-0.3, -0.25) is 0 Å². The highest BCUT2D eigenvalue weighted by Gasteiger charge is 3.16. The van der Waals surface area contributed by atoms with E-state index in [0.717, 1.165) is 19.7 Å². The predicted molar refractivity (Wildman–Crippen MR) is 94.7 cm³/mol. The fourth-order valence-corrected chi connectivity index (χ4v) is 17.1. The van der Waals surface area contributed by atoms with Crippen molar-refractivity contribution in [2.45, 2.75) is 42.4 Å². The Bertz CT molecular complexity index is 733. The first-order chi connectivity index (χ1) is 11.3. The van der Waals surface area contributed by atoms with Crippen LogP contribution < -0.4 is 0 Å². The molecule has 4 unspecified atom stereocenters. The van der Waals surface area contributed by atoms with Gasteiger partial charge in [-0.1, -0.05) is 42.4 Å². The lowest BCUT2D eigenvalue weighted by molar-refractivity contribution is 0.112. The Kier molecular flexibility index (Phi) is 1.24. The van der Waals surface area contributed by atoms with E-state index in [1.54, 1.807) is 25.7 Å². The molecule has 0 aromatic heterocycles. The molecule has 0 radical (unpaired) electrons. The zero-order chi connectivity index (χ0) is 14.5. The van der Waals surface area contributed by atoms with Crippen LogP contribution in [0.5, 0.6) is 0 Å². The highest BCUT2D eigenvalue weighted by Crippen LogP contribution is 3.18. The summed E-state index contributed by atoms with van der Waals surface area (Å²) >= 11 is 3.12. The van der Waals surface area contributed by atoms with E-state index in [1.807, 2.05) is 0 Å². The van der Waals surface area contributed by atoms with Crippen LogP contribution in [-0.4, -0.2) is 3.42 Å². The molecule has 23 heavy (non-hydrogen) atoms. The number of hydrogen-bond acceptors (Lipinski definition) is 0. The maximum absolute atomic E-state index is 3.12. The van der Waals surface area contributed by atoms with E-state index in [0.29, 0.717) is 0 Å². The van der Waals surface area contributed by atoms with Crippen LogP contribution in [0.25, 0.3) is 0 Å². The summed E-state index contributed by atoms with van der Waals surface area (Å²) in [7, 11) is 0. The third-order valence-corrected chi connectivity index (χ3v) is 15.5. The lowest BCUT2D eigenvalue weighted by Crippen LogP contribution is -2.38. The van der Waals surface area contributed by atoms with Crippen LogP contribution in [0, 0.1) is 87.3 Å². The van der Waals surface area contributed by atoms with Crippen molar-refractivity contribution in [3.63, 3.8) is 0 Å². The first-order valence-corrected chi connectivity index (χ1v) is 12.0. The minimum atomic E-state index is 0.874. The van der Waals surface area contributed by atoms with Crippen molar-refractivity contribution >= 4 is 22.6 Å². The largest absolute Gasteiger partial charge is 0.0776 e. The Morgan fingerprint density at radius 2 is 1.26 bits per heavy atom. The minimum Gasteiger partial charge on any atom is -0.0776 e. The Balaban J connectivity index is 1.26. The maximum Gasteiger partial charge on any atom is 0.0358 e. The van der Waals surface area contributed by atoms with E-state index in [-0.39, 0.29) is 0 Å². The fourth-order valence-electron chi connectivity index (χ4n) is 14.4. The van der Waals surface area contributed by atoms with Crippen LogP contribution in [0.1, 0.15) is 39.0 Å². The molecule has 0 nitrogen and oxygen atoms in total. The smallest absolute Gasteiger partial charge is 0.0358 e. The molecular weight excluding hydrogens is 391 g/mol. The second kappa shape index (κ2) is 2.48. The molecule has 1 heteroatoms. The van der Waals surface area contributed by atoms with Gasteiger partial charge in [0.05, 0.1) is 0 Å². The Hall–Kier alpha value is 0.730. The van der Waals surface area contributed by atoms with Crippen LogP contribution in [0.3, 0.4) is 0 Å². The van der Waals surface area contributed by atoms with E-state index in [1.165, 1.54) is 77.4 Å². The van der Waals surface area contributed by atoms with Crippen LogP contribution in [0.2, 0.25) is 0 Å². The molecule has 16 atom stereocenters. The van der Waals surface area contributed by atoms with Gasteiger partial charge in [0.25, 0.3) is 0 Å². The van der Waals surface area contributed by atoms with Gasteiger partial charge in [0, 0.05) is 3.42 Å². The van der Waals surface area contributed by atoms with Gasteiger partial charge < -0.3 is 0 Å². The summed E-state index contributed by atoms with van der Waals surface area (Å²) in [4.78, 5) is 0. The molecule has 120 valence electrons. The first kappa shape index (κ1) is 11.4. The predicted octanol–water partition coefficient (Wildman–Crippen LogP) is 4.62. The van der Waals surface area contributed by atoms with Gasteiger partial charge in [-0.25, -0.2) is 0 Å². The topological polar surface area (TPSA) is 0 Å². The molecule has 0 saturated heterocycles. The van der Waals surface area contributed by atoms with E-state index in [9.17, 15) is 0 Å². The first-order valence-electron chi connectivity index (χ1n) is 10.9. The number of rotatable bonds is 4. The molecule has 0 aromatic carbocycles. The Morgan fingerprint density at radius 3 is 1.74 bits per heavy atom. The van der Waals surface area contributed by atoms with Crippen molar-refractivity contribution in [3.05, 3.63) is 0 Å². The Labute approximate surface area is 152 Å². The zero-order valence-electron chi connectivity index (χ0n) is 13.8. The molecule has 0 spiro atoms. The molecule has 0 aliphatic heterocycles. The SMILES string of the molecule is CCCCC12[C@@H]3[C@H]4C[C@@H]([C@H]31)[C@H]1[C@H]4C12C12[C@H]3[C@@H]4C[C@@H]([C@@H]5[C@@H]4C51I)[C@@H]32. The van der Waals surface area contributed by atoms with Crippen molar-refractivity contribution in [3.8, 4) is 0 Å². The van der Waals surface area contributed by atoms with Crippen molar-refractivity contribution < 1.29 is 0 Å². The summed E-state index contributed by atoms with van der Waals surface area (Å²) < 4.78 is 0.874. The lowest BCUT2D eigenvalue weighted by Gasteiger charge is -2.38. The van der Waals surface area contributed by atoms with E-state index >= 15 is 0 Å². The van der Waals surface area contributed by atoms with Crippen LogP contribution in [-0.2, 0) is 0 Å². The molecule has 12 aliphatic carbocycles. The van der Waals surface area contributed by atoms with E-state index in [2.05, 4.69) is 29.5 Å². The zero-order valence-corrected chi connectivity index (χ0v) is 16.0. The average molecular weight is 416 g/mol. The van der Waals surface area contributed by atoms with Crippen LogP contribution in [0.4, 0.5) is 0 Å². The normalized spacial score (nSPS) is 93.7. The van der Waals surface area contributed by atoms with Gasteiger partial charge in [0.2, 0.25) is 0 Å². The molecular formula is C22H25I. The molecule has 0 amide bonds. The van der Waals surface area contributed by atoms with Crippen LogP contribution >= 0.6 is 22.6 Å². The molecule has 12 saturated carbocycles. The monoisotopic (exact) mass is 416 g/mol. The second-order valence-corrected chi connectivity index (χ2v) is 13.8. The molecule has 12 rings (SSSR count). The van der Waals surface area contributed by atoms with Gasteiger partial charge in [0.15, 0.2) is 0 Å². The van der Waals surface area contributed by atoms with Gasteiger partial charge in [-0.15, -0.1) is 0 Å². The second-order valence-electron chi connectivity index (χ2n) is 12.0. The Morgan fingerprint density at radius 1 is 0.739 bits per heavy atom. The van der Waals surface area contributed by atoms with Gasteiger partial charge >= 0.3 is 0 Å².